The summed E-state index contributed by atoms with van der Waals surface area (Å²) in [6, 6.07) is 5.68. The van der Waals surface area contributed by atoms with E-state index in [2.05, 4.69) is 50.0 Å². The van der Waals surface area contributed by atoms with Gasteiger partial charge in [0.2, 0.25) is 0 Å². The summed E-state index contributed by atoms with van der Waals surface area (Å²) in [5.74, 6) is 2.87. The van der Waals surface area contributed by atoms with Gasteiger partial charge in [0.25, 0.3) is 0 Å². The largest absolute Gasteiger partial charge is 0.463 e. The van der Waals surface area contributed by atoms with Gasteiger partial charge in [-0.1, -0.05) is 27.7 Å². The average molecular weight is 292 g/mol. The Balaban J connectivity index is 1.91. The molecule has 0 atom stereocenters. The van der Waals surface area contributed by atoms with Gasteiger partial charge in [0.15, 0.2) is 0 Å². The second-order valence-electron chi connectivity index (χ2n) is 6.82. The molecule has 1 heterocycles. The normalized spacial score (nSPS) is 15.6. The van der Waals surface area contributed by atoms with E-state index < -0.39 is 0 Å². The molecule has 1 aliphatic carbocycles. The smallest absolute Gasteiger partial charge is 0.118 e. The van der Waals surface area contributed by atoms with Gasteiger partial charge in [-0.2, -0.15) is 0 Å². The summed E-state index contributed by atoms with van der Waals surface area (Å²) in [6.07, 6.45) is 5.06. The van der Waals surface area contributed by atoms with Crippen LogP contribution in [-0.4, -0.2) is 23.5 Å². The molecule has 2 rings (SSSR count). The lowest BCUT2D eigenvalue weighted by Crippen LogP contribution is -2.36. The number of hydrogen-bond acceptors (Lipinski definition) is 3. The molecule has 1 aliphatic rings. The Bertz CT molecular complexity index is 405. The molecule has 0 aliphatic heterocycles. The van der Waals surface area contributed by atoms with Gasteiger partial charge in [-0.25, -0.2) is 0 Å². The van der Waals surface area contributed by atoms with E-state index in [0.717, 1.165) is 37.2 Å². The lowest BCUT2D eigenvalue weighted by Gasteiger charge is -2.31. The van der Waals surface area contributed by atoms with Gasteiger partial charge in [0, 0.05) is 18.6 Å². The van der Waals surface area contributed by atoms with E-state index in [4.69, 9.17) is 4.42 Å². The van der Waals surface area contributed by atoms with E-state index in [9.17, 15) is 0 Å². The van der Waals surface area contributed by atoms with E-state index in [1.807, 2.05) is 0 Å². The zero-order valence-electron chi connectivity index (χ0n) is 14.2. The Hall–Kier alpha value is -0.800. The maximum atomic E-state index is 6.01. The topological polar surface area (TPSA) is 28.4 Å². The molecule has 3 heteroatoms. The van der Waals surface area contributed by atoms with Gasteiger partial charge in [-0.05, 0) is 43.7 Å². The Morgan fingerprint density at radius 1 is 1.19 bits per heavy atom. The molecule has 120 valence electrons. The predicted octanol–water partition coefficient (Wildman–Crippen LogP) is 4.18. The molecule has 0 bridgehead atoms. The highest BCUT2D eigenvalue weighted by molar-refractivity contribution is 5.07. The summed E-state index contributed by atoms with van der Waals surface area (Å²) in [6.45, 7) is 12.1. The van der Waals surface area contributed by atoms with Crippen molar-refractivity contribution < 1.29 is 4.42 Å². The number of furan rings is 1. The van der Waals surface area contributed by atoms with Crippen molar-refractivity contribution in [2.24, 2.45) is 5.92 Å². The second kappa shape index (κ2) is 8.00. The van der Waals surface area contributed by atoms with Crippen molar-refractivity contribution in [3.8, 4) is 0 Å². The maximum absolute atomic E-state index is 6.01. The van der Waals surface area contributed by atoms with Crippen LogP contribution < -0.4 is 5.32 Å². The standard InChI is InChI=1S/C18H32N2O/c1-5-16(6-2)20(12-14(3)4)13-18-10-9-17(21-18)11-19-15-7-8-15/h9-10,14-16,19H,5-8,11-13H2,1-4H3. The summed E-state index contributed by atoms with van der Waals surface area (Å²) >= 11 is 0. The molecule has 1 aromatic heterocycles. The molecule has 0 amide bonds. The average Bonchev–Trinajstić information content (AvgIpc) is 3.17. The van der Waals surface area contributed by atoms with E-state index in [-0.39, 0.29) is 0 Å². The fraction of sp³-hybridized carbons (Fsp3) is 0.778. The van der Waals surface area contributed by atoms with Crippen molar-refractivity contribution in [3.05, 3.63) is 23.7 Å². The first-order valence-electron chi connectivity index (χ1n) is 8.67. The second-order valence-corrected chi connectivity index (χ2v) is 6.82. The Morgan fingerprint density at radius 3 is 2.43 bits per heavy atom. The highest BCUT2D eigenvalue weighted by Crippen LogP contribution is 2.21. The first-order valence-corrected chi connectivity index (χ1v) is 8.67. The fourth-order valence-electron chi connectivity index (χ4n) is 2.95. The van der Waals surface area contributed by atoms with Crippen LogP contribution in [0.25, 0.3) is 0 Å². The van der Waals surface area contributed by atoms with Gasteiger partial charge < -0.3 is 9.73 Å². The van der Waals surface area contributed by atoms with Crippen LogP contribution in [0.5, 0.6) is 0 Å². The van der Waals surface area contributed by atoms with Crippen LogP contribution in [0.1, 0.15) is 64.9 Å². The van der Waals surface area contributed by atoms with Crippen molar-refractivity contribution >= 4 is 0 Å². The maximum Gasteiger partial charge on any atom is 0.118 e. The quantitative estimate of drug-likeness (QED) is 0.701. The van der Waals surface area contributed by atoms with Crippen LogP contribution in [0, 0.1) is 5.92 Å². The van der Waals surface area contributed by atoms with Crippen LogP contribution in [0.3, 0.4) is 0 Å². The van der Waals surface area contributed by atoms with Crippen LogP contribution in [0.2, 0.25) is 0 Å². The first-order chi connectivity index (χ1) is 10.1. The van der Waals surface area contributed by atoms with Crippen molar-refractivity contribution in [1.29, 1.82) is 0 Å². The highest BCUT2D eigenvalue weighted by Gasteiger charge is 2.21. The third kappa shape index (κ3) is 5.48. The molecule has 1 fully saturated rings. The summed E-state index contributed by atoms with van der Waals surface area (Å²) in [7, 11) is 0. The SMILES string of the molecule is CCC(CC)N(Cc1ccc(CNC2CC2)o1)CC(C)C. The molecule has 0 unspecified atom stereocenters. The zero-order valence-corrected chi connectivity index (χ0v) is 14.2. The lowest BCUT2D eigenvalue weighted by atomic mass is 10.1. The van der Waals surface area contributed by atoms with Gasteiger partial charge >= 0.3 is 0 Å². The van der Waals surface area contributed by atoms with E-state index in [0.29, 0.717) is 12.0 Å². The van der Waals surface area contributed by atoms with Crippen molar-refractivity contribution in [3.63, 3.8) is 0 Å². The molecule has 21 heavy (non-hydrogen) atoms. The van der Waals surface area contributed by atoms with Crippen molar-refractivity contribution in [2.45, 2.75) is 78.6 Å². The molecule has 1 saturated carbocycles. The number of nitrogens with zero attached hydrogens (tertiary/aromatic N) is 1. The van der Waals surface area contributed by atoms with Crippen LogP contribution in [0.4, 0.5) is 0 Å². The Morgan fingerprint density at radius 2 is 1.86 bits per heavy atom. The summed E-state index contributed by atoms with van der Waals surface area (Å²) in [4.78, 5) is 2.58. The lowest BCUT2D eigenvalue weighted by molar-refractivity contribution is 0.145. The third-order valence-corrected chi connectivity index (χ3v) is 4.28. The minimum atomic E-state index is 0.658. The third-order valence-electron chi connectivity index (χ3n) is 4.28. The summed E-state index contributed by atoms with van der Waals surface area (Å²) in [5.41, 5.74) is 0. The Labute approximate surface area is 130 Å². The monoisotopic (exact) mass is 292 g/mol. The molecule has 0 spiro atoms. The summed E-state index contributed by atoms with van der Waals surface area (Å²) < 4.78 is 6.01. The minimum absolute atomic E-state index is 0.658. The molecule has 0 radical (unpaired) electrons. The molecular formula is C18H32N2O. The number of nitrogens with one attached hydrogen (secondary N) is 1. The van der Waals surface area contributed by atoms with Crippen molar-refractivity contribution in [2.75, 3.05) is 6.54 Å². The Kier molecular flexibility index (Phi) is 6.31. The molecule has 1 aromatic rings. The molecule has 0 aromatic carbocycles. The van der Waals surface area contributed by atoms with Gasteiger partial charge in [-0.15, -0.1) is 0 Å². The van der Waals surface area contributed by atoms with Crippen LogP contribution in [0.15, 0.2) is 16.5 Å². The van der Waals surface area contributed by atoms with Crippen LogP contribution >= 0.6 is 0 Å². The number of hydrogen-bond donors (Lipinski definition) is 1. The fourth-order valence-corrected chi connectivity index (χ4v) is 2.95. The zero-order chi connectivity index (χ0) is 15.2. The number of rotatable bonds is 10. The van der Waals surface area contributed by atoms with Gasteiger partial charge in [-0.3, -0.25) is 4.90 Å². The first kappa shape index (κ1) is 16.6. The van der Waals surface area contributed by atoms with Gasteiger partial charge in [0.05, 0.1) is 13.1 Å². The molecule has 3 nitrogen and oxygen atoms in total. The van der Waals surface area contributed by atoms with E-state index in [1.54, 1.807) is 0 Å². The highest BCUT2D eigenvalue weighted by atomic mass is 16.3. The van der Waals surface area contributed by atoms with Gasteiger partial charge in [0.1, 0.15) is 11.5 Å². The molecular weight excluding hydrogens is 260 g/mol. The summed E-state index contributed by atoms with van der Waals surface area (Å²) in [5, 5.41) is 3.51. The van der Waals surface area contributed by atoms with Crippen molar-refractivity contribution in [1.82, 2.24) is 10.2 Å². The van der Waals surface area contributed by atoms with E-state index >= 15 is 0 Å². The van der Waals surface area contributed by atoms with E-state index in [1.165, 1.54) is 25.7 Å². The molecule has 1 N–H and O–H groups in total. The van der Waals surface area contributed by atoms with Crippen LogP contribution in [-0.2, 0) is 13.1 Å². The predicted molar refractivity (Wildman–Crippen MR) is 88.2 cm³/mol. The minimum Gasteiger partial charge on any atom is -0.463 e. The molecule has 0 saturated heterocycles.